The summed E-state index contributed by atoms with van der Waals surface area (Å²) in [5.41, 5.74) is 0.656. The Kier molecular flexibility index (Phi) is 4.64. The monoisotopic (exact) mass is 234 g/mol. The predicted molar refractivity (Wildman–Crippen MR) is 58.0 cm³/mol. The number of carbonyl (C=O) groups excluding carboxylic acids is 1. The molecule has 4 heteroatoms. The molecular weight excluding hydrogens is 227 g/mol. The molecule has 0 radical (unpaired) electrons. The van der Waals surface area contributed by atoms with Gasteiger partial charge in [0.05, 0.1) is 4.71 Å². The molecule has 0 N–H and O–H groups in total. The molecule has 13 heavy (non-hydrogen) atoms. The fraction of sp³-hybridized carbons (Fsp3) is 0.222. The third-order valence-electron chi connectivity index (χ3n) is 1.42. The normalized spacial score (nSPS) is 12.5. The van der Waals surface area contributed by atoms with Crippen LogP contribution in [0.3, 0.4) is 0 Å². The molecule has 0 aliphatic heterocycles. The van der Waals surface area contributed by atoms with E-state index in [1.165, 1.54) is 11.8 Å². The van der Waals surface area contributed by atoms with Gasteiger partial charge in [0.15, 0.2) is 6.29 Å². The molecule has 1 rings (SSSR count). The van der Waals surface area contributed by atoms with Gasteiger partial charge in [0, 0.05) is 16.3 Å². The number of aldehydes is 1. The molecule has 0 aromatic heterocycles. The number of hydrogen-bond donors (Lipinski definition) is 0. The molecule has 1 atom stereocenters. The van der Waals surface area contributed by atoms with Crippen LogP contribution < -0.4 is 0 Å². The third kappa shape index (κ3) is 3.22. The van der Waals surface area contributed by atoms with Crippen LogP contribution in [0.25, 0.3) is 0 Å². The first-order valence-corrected chi connectivity index (χ1v) is 5.54. The van der Waals surface area contributed by atoms with E-state index in [9.17, 15) is 4.79 Å². The fourth-order valence-electron chi connectivity index (χ4n) is 0.854. The highest BCUT2D eigenvalue weighted by Gasteiger charge is 2.07. The molecule has 0 bridgehead atoms. The first kappa shape index (κ1) is 10.9. The fourth-order valence-corrected chi connectivity index (χ4v) is 2.08. The summed E-state index contributed by atoms with van der Waals surface area (Å²) in [7, 11) is 0. The average Bonchev–Trinajstić information content (AvgIpc) is 2.18. The minimum absolute atomic E-state index is 0.192. The number of thioether (sulfide) groups is 1. The zero-order valence-electron chi connectivity index (χ0n) is 6.74. The standard InChI is InChI=1S/C9H8Cl2OS/c10-5-9(11)13-8-4-2-1-3-7(8)6-12/h1-4,6,9H,5H2. The molecule has 0 heterocycles. The number of halogens is 2. The maximum absolute atomic E-state index is 10.6. The summed E-state index contributed by atoms with van der Waals surface area (Å²) < 4.78 is -0.192. The van der Waals surface area contributed by atoms with Gasteiger partial charge in [0.2, 0.25) is 0 Å². The van der Waals surface area contributed by atoms with Crippen LogP contribution in [0.2, 0.25) is 0 Å². The van der Waals surface area contributed by atoms with E-state index in [1.54, 1.807) is 6.07 Å². The van der Waals surface area contributed by atoms with Gasteiger partial charge in [-0.25, -0.2) is 0 Å². The molecule has 1 aromatic carbocycles. The lowest BCUT2D eigenvalue weighted by Gasteiger charge is -2.06. The Morgan fingerprint density at radius 1 is 1.46 bits per heavy atom. The highest BCUT2D eigenvalue weighted by Crippen LogP contribution is 2.28. The molecule has 0 saturated carbocycles. The van der Waals surface area contributed by atoms with Crippen LogP contribution in [0.4, 0.5) is 0 Å². The van der Waals surface area contributed by atoms with Crippen molar-refractivity contribution >= 4 is 41.2 Å². The molecule has 0 aliphatic rings. The lowest BCUT2D eigenvalue weighted by molar-refractivity contribution is 0.112. The van der Waals surface area contributed by atoms with Gasteiger partial charge in [-0.1, -0.05) is 18.2 Å². The summed E-state index contributed by atoms with van der Waals surface area (Å²) in [6.07, 6.45) is 0.820. The van der Waals surface area contributed by atoms with Crippen molar-refractivity contribution in [3.63, 3.8) is 0 Å². The van der Waals surface area contributed by atoms with Crippen LogP contribution >= 0.6 is 35.0 Å². The molecule has 0 spiro atoms. The van der Waals surface area contributed by atoms with Gasteiger partial charge in [-0.15, -0.1) is 35.0 Å². The van der Waals surface area contributed by atoms with E-state index >= 15 is 0 Å². The van der Waals surface area contributed by atoms with Crippen molar-refractivity contribution in [1.82, 2.24) is 0 Å². The maximum atomic E-state index is 10.6. The van der Waals surface area contributed by atoms with E-state index in [1.807, 2.05) is 18.2 Å². The van der Waals surface area contributed by atoms with Crippen molar-refractivity contribution in [2.24, 2.45) is 0 Å². The van der Waals surface area contributed by atoms with Crippen molar-refractivity contribution in [2.75, 3.05) is 5.88 Å². The van der Waals surface area contributed by atoms with E-state index < -0.39 is 0 Å². The Balaban J connectivity index is 2.80. The molecular formula is C9H8Cl2OS. The van der Waals surface area contributed by atoms with Crippen molar-refractivity contribution in [3.8, 4) is 0 Å². The largest absolute Gasteiger partial charge is 0.298 e. The Morgan fingerprint density at radius 3 is 2.77 bits per heavy atom. The molecule has 1 aromatic rings. The Morgan fingerprint density at radius 2 is 2.15 bits per heavy atom. The van der Waals surface area contributed by atoms with Crippen molar-refractivity contribution in [3.05, 3.63) is 29.8 Å². The van der Waals surface area contributed by atoms with Gasteiger partial charge in [0.25, 0.3) is 0 Å². The minimum Gasteiger partial charge on any atom is -0.298 e. The zero-order chi connectivity index (χ0) is 9.68. The van der Waals surface area contributed by atoms with Gasteiger partial charge in [-0.2, -0.15) is 0 Å². The number of carbonyl (C=O) groups is 1. The Bertz CT molecular complexity index is 291. The van der Waals surface area contributed by atoms with Gasteiger partial charge < -0.3 is 0 Å². The second-order valence-electron chi connectivity index (χ2n) is 2.34. The predicted octanol–water partition coefficient (Wildman–Crippen LogP) is 3.39. The van der Waals surface area contributed by atoms with Crippen LogP contribution in [0.1, 0.15) is 10.4 Å². The quantitative estimate of drug-likeness (QED) is 0.452. The Labute approximate surface area is 91.4 Å². The van der Waals surface area contributed by atoms with E-state index in [2.05, 4.69) is 0 Å². The summed E-state index contributed by atoms with van der Waals surface area (Å²) in [5.74, 6) is 0.361. The van der Waals surface area contributed by atoms with Crippen LogP contribution in [0, 0.1) is 0 Å². The lowest BCUT2D eigenvalue weighted by Crippen LogP contribution is -1.94. The van der Waals surface area contributed by atoms with Crippen molar-refractivity contribution < 1.29 is 4.79 Å². The molecule has 0 amide bonds. The first-order chi connectivity index (χ1) is 6.27. The second-order valence-corrected chi connectivity index (χ2v) is 4.68. The number of benzene rings is 1. The van der Waals surface area contributed by atoms with Crippen molar-refractivity contribution in [2.45, 2.75) is 9.60 Å². The van der Waals surface area contributed by atoms with E-state index in [-0.39, 0.29) is 4.71 Å². The number of rotatable bonds is 4. The van der Waals surface area contributed by atoms with Crippen LogP contribution in [-0.2, 0) is 0 Å². The highest BCUT2D eigenvalue weighted by atomic mass is 35.5. The molecule has 70 valence electrons. The van der Waals surface area contributed by atoms with Gasteiger partial charge in [-0.05, 0) is 6.07 Å². The number of hydrogen-bond acceptors (Lipinski definition) is 2. The van der Waals surface area contributed by atoms with Gasteiger partial charge in [-0.3, -0.25) is 4.79 Å². The summed E-state index contributed by atoms with van der Waals surface area (Å²) in [6.45, 7) is 0. The first-order valence-electron chi connectivity index (χ1n) is 3.69. The van der Waals surface area contributed by atoms with E-state index in [0.29, 0.717) is 11.4 Å². The molecule has 0 saturated heterocycles. The van der Waals surface area contributed by atoms with E-state index in [4.69, 9.17) is 23.2 Å². The SMILES string of the molecule is O=Cc1ccccc1SC(Cl)CCl. The third-order valence-corrected chi connectivity index (χ3v) is 3.54. The number of alkyl halides is 2. The second kappa shape index (κ2) is 5.53. The average molecular weight is 235 g/mol. The lowest BCUT2D eigenvalue weighted by atomic mass is 10.2. The van der Waals surface area contributed by atoms with Crippen LogP contribution in [0.15, 0.2) is 29.2 Å². The van der Waals surface area contributed by atoms with Gasteiger partial charge >= 0.3 is 0 Å². The van der Waals surface area contributed by atoms with Crippen LogP contribution in [0.5, 0.6) is 0 Å². The van der Waals surface area contributed by atoms with Crippen molar-refractivity contribution in [1.29, 1.82) is 0 Å². The van der Waals surface area contributed by atoms with Crippen LogP contribution in [-0.4, -0.2) is 16.9 Å². The smallest absolute Gasteiger partial charge is 0.151 e. The molecule has 0 aliphatic carbocycles. The summed E-state index contributed by atoms with van der Waals surface area (Å²) in [5, 5.41) is 0. The summed E-state index contributed by atoms with van der Waals surface area (Å²) in [4.78, 5) is 11.5. The minimum atomic E-state index is -0.192. The molecule has 1 unspecified atom stereocenters. The summed E-state index contributed by atoms with van der Waals surface area (Å²) in [6, 6.07) is 7.30. The van der Waals surface area contributed by atoms with Gasteiger partial charge in [0.1, 0.15) is 0 Å². The highest BCUT2D eigenvalue weighted by molar-refractivity contribution is 8.01. The van der Waals surface area contributed by atoms with E-state index in [0.717, 1.165) is 11.2 Å². The summed E-state index contributed by atoms with van der Waals surface area (Å²) >= 11 is 12.8. The Hall–Kier alpha value is -0.180. The topological polar surface area (TPSA) is 17.1 Å². The molecule has 0 fully saturated rings. The maximum Gasteiger partial charge on any atom is 0.151 e. The molecule has 1 nitrogen and oxygen atoms in total. The zero-order valence-corrected chi connectivity index (χ0v) is 9.07.